The van der Waals surface area contributed by atoms with Gasteiger partial charge in [0.2, 0.25) is 5.91 Å². The maximum Gasteiger partial charge on any atom is 0.222 e. The van der Waals surface area contributed by atoms with Crippen molar-refractivity contribution in [2.24, 2.45) is 5.73 Å². The van der Waals surface area contributed by atoms with E-state index in [-0.39, 0.29) is 5.91 Å². The van der Waals surface area contributed by atoms with Gasteiger partial charge < -0.3 is 10.6 Å². The zero-order chi connectivity index (χ0) is 12.7. The van der Waals surface area contributed by atoms with Crippen LogP contribution in [-0.4, -0.2) is 46.4 Å². The van der Waals surface area contributed by atoms with E-state index in [0.717, 1.165) is 31.5 Å². The van der Waals surface area contributed by atoms with Gasteiger partial charge in [-0.25, -0.2) is 0 Å². The number of aryl methyl sites for hydroxylation is 2. The summed E-state index contributed by atoms with van der Waals surface area (Å²) >= 11 is 0. The molecule has 0 aliphatic heterocycles. The SMILES string of the molecule is CN(C)C(=O)CCCn1cc(CCCN)nn1. The molecule has 6 heteroatoms. The van der Waals surface area contributed by atoms with Crippen LogP contribution in [0.2, 0.25) is 0 Å². The summed E-state index contributed by atoms with van der Waals surface area (Å²) in [7, 11) is 3.53. The molecular formula is C11H21N5O. The Kier molecular flexibility index (Phi) is 5.62. The van der Waals surface area contributed by atoms with E-state index in [4.69, 9.17) is 5.73 Å². The van der Waals surface area contributed by atoms with Gasteiger partial charge in [-0.15, -0.1) is 5.10 Å². The third kappa shape index (κ3) is 4.95. The monoisotopic (exact) mass is 239 g/mol. The third-order valence-corrected chi connectivity index (χ3v) is 2.50. The lowest BCUT2D eigenvalue weighted by molar-refractivity contribution is -0.128. The standard InChI is InChI=1S/C11H21N5O/c1-15(2)11(17)6-4-8-16-9-10(13-14-16)5-3-7-12/h9H,3-8,12H2,1-2H3. The average molecular weight is 239 g/mol. The molecule has 2 N–H and O–H groups in total. The van der Waals surface area contributed by atoms with Gasteiger partial charge in [-0.2, -0.15) is 0 Å². The average Bonchev–Trinajstić information content (AvgIpc) is 2.74. The van der Waals surface area contributed by atoms with Gasteiger partial charge in [-0.1, -0.05) is 5.21 Å². The molecule has 0 aromatic carbocycles. The second-order valence-corrected chi connectivity index (χ2v) is 4.26. The van der Waals surface area contributed by atoms with Crippen LogP contribution in [0.5, 0.6) is 0 Å². The highest BCUT2D eigenvalue weighted by atomic mass is 16.2. The minimum absolute atomic E-state index is 0.147. The van der Waals surface area contributed by atoms with Crippen LogP contribution in [0.25, 0.3) is 0 Å². The summed E-state index contributed by atoms with van der Waals surface area (Å²) in [6, 6.07) is 0. The van der Waals surface area contributed by atoms with Crippen molar-refractivity contribution in [3.05, 3.63) is 11.9 Å². The number of nitrogens with zero attached hydrogens (tertiary/aromatic N) is 4. The van der Waals surface area contributed by atoms with Crippen molar-refractivity contribution >= 4 is 5.91 Å². The highest BCUT2D eigenvalue weighted by molar-refractivity contribution is 5.75. The summed E-state index contributed by atoms with van der Waals surface area (Å²) in [5.74, 6) is 0.147. The Balaban J connectivity index is 2.27. The maximum atomic E-state index is 11.3. The van der Waals surface area contributed by atoms with Crippen LogP contribution in [0, 0.1) is 0 Å². The fraction of sp³-hybridized carbons (Fsp3) is 0.727. The Labute approximate surface area is 102 Å². The molecular weight excluding hydrogens is 218 g/mol. The van der Waals surface area contributed by atoms with Gasteiger partial charge in [0.1, 0.15) is 0 Å². The fourth-order valence-corrected chi connectivity index (χ4v) is 1.46. The summed E-state index contributed by atoms with van der Waals surface area (Å²) in [5.41, 5.74) is 6.39. The number of carbonyl (C=O) groups excluding carboxylic acids is 1. The van der Waals surface area contributed by atoms with E-state index >= 15 is 0 Å². The van der Waals surface area contributed by atoms with Crippen molar-refractivity contribution in [1.29, 1.82) is 0 Å². The number of aromatic nitrogens is 3. The summed E-state index contributed by atoms with van der Waals surface area (Å²) in [4.78, 5) is 13.0. The number of carbonyl (C=O) groups is 1. The number of rotatable bonds is 7. The lowest BCUT2D eigenvalue weighted by Crippen LogP contribution is -2.21. The highest BCUT2D eigenvalue weighted by Crippen LogP contribution is 2.00. The molecule has 0 saturated carbocycles. The van der Waals surface area contributed by atoms with Crippen LogP contribution < -0.4 is 5.73 Å². The summed E-state index contributed by atoms with van der Waals surface area (Å²) in [5, 5.41) is 8.06. The molecule has 0 bridgehead atoms. The van der Waals surface area contributed by atoms with Crippen molar-refractivity contribution in [1.82, 2.24) is 19.9 Å². The topological polar surface area (TPSA) is 77.0 Å². The zero-order valence-corrected chi connectivity index (χ0v) is 10.6. The van der Waals surface area contributed by atoms with Crippen LogP contribution in [-0.2, 0) is 17.8 Å². The van der Waals surface area contributed by atoms with Crippen molar-refractivity contribution in [2.75, 3.05) is 20.6 Å². The summed E-state index contributed by atoms with van der Waals surface area (Å²) in [6.45, 7) is 1.40. The predicted molar refractivity (Wildman–Crippen MR) is 65.3 cm³/mol. The van der Waals surface area contributed by atoms with E-state index in [1.54, 1.807) is 23.7 Å². The number of nitrogens with two attached hydrogens (primary N) is 1. The quantitative estimate of drug-likeness (QED) is 0.728. The van der Waals surface area contributed by atoms with E-state index in [0.29, 0.717) is 13.0 Å². The van der Waals surface area contributed by atoms with E-state index < -0.39 is 0 Å². The minimum atomic E-state index is 0.147. The van der Waals surface area contributed by atoms with Crippen LogP contribution in [0.4, 0.5) is 0 Å². The second kappa shape index (κ2) is 7.01. The van der Waals surface area contributed by atoms with Crippen LogP contribution >= 0.6 is 0 Å². The molecule has 0 saturated heterocycles. The van der Waals surface area contributed by atoms with E-state index in [2.05, 4.69) is 10.3 Å². The number of hydrogen-bond donors (Lipinski definition) is 1. The smallest absolute Gasteiger partial charge is 0.222 e. The Morgan fingerprint density at radius 2 is 2.24 bits per heavy atom. The van der Waals surface area contributed by atoms with Crippen molar-refractivity contribution < 1.29 is 4.79 Å². The number of hydrogen-bond acceptors (Lipinski definition) is 4. The molecule has 96 valence electrons. The minimum Gasteiger partial charge on any atom is -0.349 e. The van der Waals surface area contributed by atoms with Gasteiger partial charge in [0.15, 0.2) is 0 Å². The fourth-order valence-electron chi connectivity index (χ4n) is 1.46. The van der Waals surface area contributed by atoms with Gasteiger partial charge in [0.05, 0.1) is 5.69 Å². The predicted octanol–water partition coefficient (Wildman–Crippen LogP) is 0.0378. The Bertz CT molecular complexity index is 347. The van der Waals surface area contributed by atoms with Crippen LogP contribution in [0.1, 0.15) is 25.0 Å². The molecule has 0 aliphatic rings. The van der Waals surface area contributed by atoms with E-state index in [1.165, 1.54) is 0 Å². The maximum absolute atomic E-state index is 11.3. The largest absolute Gasteiger partial charge is 0.349 e. The van der Waals surface area contributed by atoms with Crippen molar-refractivity contribution in [3.63, 3.8) is 0 Å². The van der Waals surface area contributed by atoms with Gasteiger partial charge >= 0.3 is 0 Å². The molecule has 1 aromatic rings. The van der Waals surface area contributed by atoms with Crippen molar-refractivity contribution in [3.8, 4) is 0 Å². The van der Waals surface area contributed by atoms with Crippen LogP contribution in [0.15, 0.2) is 6.20 Å². The molecule has 0 fully saturated rings. The molecule has 1 aromatic heterocycles. The Morgan fingerprint density at radius 1 is 1.47 bits per heavy atom. The van der Waals surface area contributed by atoms with Crippen LogP contribution in [0.3, 0.4) is 0 Å². The lowest BCUT2D eigenvalue weighted by Gasteiger charge is -2.09. The second-order valence-electron chi connectivity index (χ2n) is 4.26. The first kappa shape index (κ1) is 13.6. The summed E-state index contributed by atoms with van der Waals surface area (Å²) < 4.78 is 1.79. The van der Waals surface area contributed by atoms with E-state index in [1.807, 2.05) is 6.20 Å². The van der Waals surface area contributed by atoms with Gasteiger partial charge in [0.25, 0.3) is 0 Å². The molecule has 1 heterocycles. The Morgan fingerprint density at radius 3 is 2.88 bits per heavy atom. The summed E-state index contributed by atoms with van der Waals surface area (Å²) in [6.07, 6.45) is 5.06. The zero-order valence-electron chi connectivity index (χ0n) is 10.6. The molecule has 0 radical (unpaired) electrons. The third-order valence-electron chi connectivity index (χ3n) is 2.50. The molecule has 0 unspecified atom stereocenters. The molecule has 0 atom stereocenters. The normalized spacial score (nSPS) is 10.5. The van der Waals surface area contributed by atoms with Crippen molar-refractivity contribution in [2.45, 2.75) is 32.2 Å². The first-order valence-corrected chi connectivity index (χ1v) is 5.92. The number of amides is 1. The molecule has 0 aliphatic carbocycles. The molecule has 17 heavy (non-hydrogen) atoms. The molecule has 1 rings (SSSR count). The molecule has 1 amide bonds. The van der Waals surface area contributed by atoms with E-state index in [9.17, 15) is 4.79 Å². The highest BCUT2D eigenvalue weighted by Gasteiger charge is 2.04. The first-order chi connectivity index (χ1) is 8.13. The molecule has 6 nitrogen and oxygen atoms in total. The van der Waals surface area contributed by atoms with Gasteiger partial charge in [-0.05, 0) is 25.8 Å². The lowest BCUT2D eigenvalue weighted by atomic mass is 10.2. The first-order valence-electron chi connectivity index (χ1n) is 5.92. The van der Waals surface area contributed by atoms with Gasteiger partial charge in [-0.3, -0.25) is 9.48 Å². The molecule has 0 spiro atoms. The van der Waals surface area contributed by atoms with Gasteiger partial charge in [0, 0.05) is 33.3 Å². The Hall–Kier alpha value is -1.43.